The highest BCUT2D eigenvalue weighted by Crippen LogP contribution is 2.47. The van der Waals surface area contributed by atoms with E-state index >= 15 is 0 Å². The Kier molecular flexibility index (Phi) is 7.22. The van der Waals surface area contributed by atoms with Gasteiger partial charge in [0.1, 0.15) is 16.8 Å². The lowest BCUT2D eigenvalue weighted by molar-refractivity contribution is 0.210. The molecule has 0 aliphatic carbocycles. The monoisotopic (exact) mass is 481 g/mol. The van der Waals surface area contributed by atoms with E-state index in [0.29, 0.717) is 25.9 Å². The molecular weight excluding hydrogens is 453 g/mol. The minimum absolute atomic E-state index is 0.223. The fourth-order valence-corrected chi connectivity index (χ4v) is 5.87. The van der Waals surface area contributed by atoms with Crippen LogP contribution in [0.15, 0.2) is 18.2 Å². The van der Waals surface area contributed by atoms with Crippen LogP contribution in [0.5, 0.6) is 5.75 Å². The molecule has 9 nitrogen and oxygen atoms in total. The van der Waals surface area contributed by atoms with Crippen LogP contribution in [-0.4, -0.2) is 79.1 Å². The molecule has 1 aliphatic rings. The van der Waals surface area contributed by atoms with Crippen molar-refractivity contribution in [2.24, 2.45) is 0 Å². The lowest BCUT2D eigenvalue weighted by Gasteiger charge is -2.35. The zero-order chi connectivity index (χ0) is 22.7. The fraction of sp³-hybridized carbons (Fsp3) is 0.524. The van der Waals surface area contributed by atoms with Crippen LogP contribution in [0.3, 0.4) is 0 Å². The number of fused-ring (bicyclic) bond motifs is 3. The molecule has 0 saturated carbocycles. The Morgan fingerprint density at radius 1 is 1.12 bits per heavy atom. The molecule has 0 atom stereocenters. The third kappa shape index (κ3) is 4.87. The van der Waals surface area contributed by atoms with Gasteiger partial charge in [-0.05, 0) is 37.6 Å². The molecule has 1 aliphatic heterocycles. The van der Waals surface area contributed by atoms with Gasteiger partial charge in [-0.3, -0.25) is 9.46 Å². The Morgan fingerprint density at radius 3 is 2.50 bits per heavy atom. The number of nitrogens with zero attached hydrogens (tertiary/aromatic N) is 4. The van der Waals surface area contributed by atoms with Gasteiger partial charge in [0, 0.05) is 44.2 Å². The summed E-state index contributed by atoms with van der Waals surface area (Å²) in [4.78, 5) is 16.9. The average Bonchev–Trinajstić information content (AvgIpc) is 3.15. The first-order chi connectivity index (χ1) is 15.5. The molecule has 3 heterocycles. The lowest BCUT2D eigenvalue weighted by atomic mass is 10.2. The number of halogens is 1. The van der Waals surface area contributed by atoms with Gasteiger partial charge >= 0.3 is 7.60 Å². The molecular formula is C21H29ClN5O4P. The molecule has 0 radical (unpaired) electrons. The summed E-state index contributed by atoms with van der Waals surface area (Å²) in [7, 11) is -1.38. The van der Waals surface area contributed by atoms with Crippen LogP contribution in [-0.2, 0) is 13.6 Å². The summed E-state index contributed by atoms with van der Waals surface area (Å²) >= 11 is 6.29. The zero-order valence-electron chi connectivity index (χ0n) is 18.6. The first-order valence-corrected chi connectivity index (χ1v) is 12.9. The van der Waals surface area contributed by atoms with Crippen LogP contribution < -0.4 is 9.64 Å². The predicted octanol–water partition coefficient (Wildman–Crippen LogP) is 4.16. The maximum Gasteiger partial charge on any atom is 0.331 e. The highest BCUT2D eigenvalue weighted by molar-refractivity contribution is 7.53. The average molecular weight is 482 g/mol. The quantitative estimate of drug-likeness (QED) is 0.360. The van der Waals surface area contributed by atoms with Gasteiger partial charge in [-0.1, -0.05) is 0 Å². The minimum atomic E-state index is -3.03. The van der Waals surface area contributed by atoms with Gasteiger partial charge in [0.05, 0.1) is 32.0 Å². The molecule has 1 N–H and O–H groups in total. The van der Waals surface area contributed by atoms with Gasteiger partial charge in [0.2, 0.25) is 5.28 Å². The summed E-state index contributed by atoms with van der Waals surface area (Å²) in [6, 6.07) is 5.84. The van der Waals surface area contributed by atoms with Crippen molar-refractivity contribution in [2.75, 3.05) is 64.1 Å². The third-order valence-corrected chi connectivity index (χ3v) is 7.84. The molecule has 1 aromatic carbocycles. The van der Waals surface area contributed by atoms with Crippen molar-refractivity contribution in [3.8, 4) is 5.75 Å². The van der Waals surface area contributed by atoms with Crippen LogP contribution in [0, 0.1) is 0 Å². The molecule has 1 fully saturated rings. The van der Waals surface area contributed by atoms with Crippen molar-refractivity contribution in [1.82, 2.24) is 19.9 Å². The lowest BCUT2D eigenvalue weighted by Crippen LogP contribution is -2.47. The number of piperazine rings is 1. The number of benzene rings is 1. The van der Waals surface area contributed by atoms with Crippen molar-refractivity contribution < 1.29 is 18.3 Å². The Bertz CT molecular complexity index is 1120. The van der Waals surface area contributed by atoms with Gasteiger partial charge in [-0.2, -0.15) is 4.98 Å². The predicted molar refractivity (Wildman–Crippen MR) is 127 cm³/mol. The van der Waals surface area contributed by atoms with E-state index < -0.39 is 7.60 Å². The largest absolute Gasteiger partial charge is 0.497 e. The molecule has 4 rings (SSSR count). The van der Waals surface area contributed by atoms with E-state index in [1.165, 1.54) is 0 Å². The van der Waals surface area contributed by atoms with Crippen molar-refractivity contribution in [3.05, 3.63) is 23.5 Å². The number of nitrogens with one attached hydrogen (secondary N) is 1. The summed E-state index contributed by atoms with van der Waals surface area (Å²) in [6.07, 6.45) is 0.391. The van der Waals surface area contributed by atoms with Gasteiger partial charge in [-0.15, -0.1) is 0 Å². The maximum atomic E-state index is 12.7. The van der Waals surface area contributed by atoms with E-state index in [0.717, 1.165) is 59.7 Å². The van der Waals surface area contributed by atoms with Crippen LogP contribution in [0.4, 0.5) is 5.82 Å². The number of rotatable bonds is 9. The van der Waals surface area contributed by atoms with Crippen LogP contribution >= 0.6 is 19.2 Å². The van der Waals surface area contributed by atoms with Gasteiger partial charge in [0.15, 0.2) is 5.82 Å². The smallest absolute Gasteiger partial charge is 0.331 e. The molecule has 0 amide bonds. The fourth-order valence-electron chi connectivity index (χ4n) is 4.06. The third-order valence-electron chi connectivity index (χ3n) is 5.62. The van der Waals surface area contributed by atoms with Crippen molar-refractivity contribution in [1.29, 1.82) is 0 Å². The van der Waals surface area contributed by atoms with Gasteiger partial charge in [0.25, 0.3) is 0 Å². The second kappa shape index (κ2) is 9.93. The number of hydrogen-bond acceptors (Lipinski definition) is 8. The maximum absolute atomic E-state index is 12.7. The molecule has 0 bridgehead atoms. The second-order valence-electron chi connectivity index (χ2n) is 7.58. The van der Waals surface area contributed by atoms with E-state index in [1.54, 1.807) is 7.11 Å². The molecule has 32 heavy (non-hydrogen) atoms. The Hall–Kier alpha value is -1.90. The minimum Gasteiger partial charge on any atom is -0.497 e. The molecule has 1 saturated heterocycles. The van der Waals surface area contributed by atoms with Crippen LogP contribution in [0.2, 0.25) is 5.28 Å². The topological polar surface area (TPSA) is 92.8 Å². The number of anilines is 1. The molecule has 3 aromatic rings. The molecule has 0 unspecified atom stereocenters. The highest BCUT2D eigenvalue weighted by Gasteiger charge is 2.27. The van der Waals surface area contributed by atoms with Crippen LogP contribution in [0.25, 0.3) is 21.9 Å². The molecule has 2 aromatic heterocycles. The SMILES string of the molecule is CCOP(=O)(CCN1CCN(c2nc(Cl)nc3c2[nH]c2cc(OC)ccc23)CC1)OCC. The van der Waals surface area contributed by atoms with Gasteiger partial charge in [-0.25, -0.2) is 4.98 Å². The Labute approximate surface area is 192 Å². The normalized spacial score (nSPS) is 15.7. The molecule has 174 valence electrons. The van der Waals surface area contributed by atoms with E-state index in [1.807, 2.05) is 32.0 Å². The van der Waals surface area contributed by atoms with E-state index in [4.69, 9.17) is 25.4 Å². The standard InChI is InChI=1S/C21H29ClN5O4P/c1-4-30-32(28,31-5-2)13-12-26-8-10-27(11-9-26)20-19-18(24-21(22)25-20)16-7-6-15(29-3)14-17(16)23-19/h6-7,14,23H,4-5,8-13H2,1-3H3. The summed E-state index contributed by atoms with van der Waals surface area (Å²) in [6.45, 7) is 8.26. The van der Waals surface area contributed by atoms with Crippen LogP contribution in [0.1, 0.15) is 13.8 Å². The number of methoxy groups -OCH3 is 1. The van der Waals surface area contributed by atoms with Crippen molar-refractivity contribution >= 4 is 47.0 Å². The van der Waals surface area contributed by atoms with Crippen molar-refractivity contribution in [2.45, 2.75) is 13.8 Å². The Balaban J connectivity index is 1.50. The number of hydrogen-bond donors (Lipinski definition) is 1. The first kappa shape index (κ1) is 23.3. The highest BCUT2D eigenvalue weighted by atomic mass is 35.5. The first-order valence-electron chi connectivity index (χ1n) is 10.8. The van der Waals surface area contributed by atoms with Crippen molar-refractivity contribution in [3.63, 3.8) is 0 Å². The zero-order valence-corrected chi connectivity index (χ0v) is 20.3. The molecule has 11 heteroatoms. The molecule has 0 spiro atoms. The van der Waals surface area contributed by atoms with E-state index in [2.05, 4.69) is 24.8 Å². The number of aromatic nitrogens is 3. The summed E-state index contributed by atoms with van der Waals surface area (Å²) < 4.78 is 28.9. The van der Waals surface area contributed by atoms with E-state index in [9.17, 15) is 4.57 Å². The number of H-pyrrole nitrogens is 1. The number of aromatic amines is 1. The summed E-state index contributed by atoms with van der Waals surface area (Å²) in [5, 5.41) is 1.20. The summed E-state index contributed by atoms with van der Waals surface area (Å²) in [5.41, 5.74) is 2.59. The summed E-state index contributed by atoms with van der Waals surface area (Å²) in [5.74, 6) is 1.57. The number of ether oxygens (including phenoxy) is 1. The Morgan fingerprint density at radius 2 is 1.84 bits per heavy atom. The second-order valence-corrected chi connectivity index (χ2v) is 10.1. The van der Waals surface area contributed by atoms with E-state index in [-0.39, 0.29) is 5.28 Å². The van der Waals surface area contributed by atoms with Gasteiger partial charge < -0.3 is 23.7 Å².